The third-order valence-electron chi connectivity index (χ3n) is 3.51. The van der Waals surface area contributed by atoms with Crippen molar-refractivity contribution in [2.45, 2.75) is 0 Å². The van der Waals surface area contributed by atoms with E-state index in [0.717, 1.165) is 0 Å². The number of carbonyl (C=O) groups is 2. The quantitative estimate of drug-likeness (QED) is 0.508. The van der Waals surface area contributed by atoms with Crippen LogP contribution in [0.15, 0.2) is 54.2 Å². The van der Waals surface area contributed by atoms with E-state index in [4.69, 9.17) is 14.6 Å². The lowest BCUT2D eigenvalue weighted by atomic mass is 10.2. The number of carbonyl (C=O) groups excluding carboxylic acids is 1. The highest BCUT2D eigenvalue weighted by Crippen LogP contribution is 2.29. The van der Waals surface area contributed by atoms with Crippen LogP contribution < -0.4 is 20.1 Å². The van der Waals surface area contributed by atoms with Crippen LogP contribution in [0.2, 0.25) is 0 Å². The molecule has 8 heteroatoms. The number of hydrogen-bond acceptors (Lipinski definition) is 6. The molecular weight excluding hydrogens is 350 g/mol. The molecular formula is C19H17N3O5. The molecule has 0 aliphatic rings. The van der Waals surface area contributed by atoms with Crippen molar-refractivity contribution < 1.29 is 24.2 Å². The molecule has 0 atom stereocenters. The van der Waals surface area contributed by atoms with E-state index in [-0.39, 0.29) is 16.8 Å². The SMILES string of the molecule is COc1ccc(OC)c(N/C=C(/C#N)C(=O)Nc2cccc(C(=O)O)c2)c1. The molecule has 2 aromatic rings. The summed E-state index contributed by atoms with van der Waals surface area (Å²) in [5, 5.41) is 23.6. The maximum atomic E-state index is 12.3. The number of carboxylic acid groups (broad SMARTS) is 1. The fraction of sp³-hybridized carbons (Fsp3) is 0.105. The van der Waals surface area contributed by atoms with E-state index in [1.807, 2.05) is 0 Å². The van der Waals surface area contributed by atoms with Crippen LogP contribution in [0, 0.1) is 11.3 Å². The Bertz CT molecular complexity index is 931. The number of hydrogen-bond donors (Lipinski definition) is 3. The zero-order chi connectivity index (χ0) is 19.8. The molecule has 0 saturated heterocycles. The summed E-state index contributed by atoms with van der Waals surface area (Å²) >= 11 is 0. The molecule has 0 radical (unpaired) electrons. The lowest BCUT2D eigenvalue weighted by Gasteiger charge is -2.10. The van der Waals surface area contributed by atoms with Gasteiger partial charge in [-0.15, -0.1) is 0 Å². The van der Waals surface area contributed by atoms with E-state index in [1.165, 1.54) is 44.7 Å². The highest BCUT2D eigenvalue weighted by Gasteiger charge is 2.12. The van der Waals surface area contributed by atoms with Gasteiger partial charge in [0.1, 0.15) is 23.1 Å². The fourth-order valence-electron chi connectivity index (χ4n) is 2.15. The topological polar surface area (TPSA) is 121 Å². The minimum atomic E-state index is -1.12. The standard InChI is InChI=1S/C19H17N3O5/c1-26-15-6-7-17(27-2)16(9-15)21-11-13(10-20)18(23)22-14-5-3-4-12(8-14)19(24)25/h3-9,11,21H,1-2H3,(H,22,23)(H,24,25)/b13-11-. The number of aromatic carboxylic acids is 1. The van der Waals surface area contributed by atoms with Crippen molar-refractivity contribution >= 4 is 23.3 Å². The van der Waals surface area contributed by atoms with E-state index in [9.17, 15) is 14.9 Å². The first kappa shape index (κ1) is 19.3. The Kier molecular flexibility index (Phi) is 6.39. The van der Waals surface area contributed by atoms with Crippen molar-refractivity contribution in [3.05, 3.63) is 59.8 Å². The number of benzene rings is 2. The van der Waals surface area contributed by atoms with Gasteiger partial charge in [0.15, 0.2) is 0 Å². The second-order valence-corrected chi connectivity index (χ2v) is 5.22. The molecule has 8 nitrogen and oxygen atoms in total. The summed E-state index contributed by atoms with van der Waals surface area (Å²) < 4.78 is 10.4. The molecule has 0 aliphatic carbocycles. The summed E-state index contributed by atoms with van der Waals surface area (Å²) in [4.78, 5) is 23.3. The summed E-state index contributed by atoms with van der Waals surface area (Å²) in [5.74, 6) is -0.734. The number of ether oxygens (including phenoxy) is 2. The number of nitrogens with zero attached hydrogens (tertiary/aromatic N) is 1. The molecule has 0 unspecified atom stereocenters. The molecule has 2 aromatic carbocycles. The van der Waals surface area contributed by atoms with Crippen molar-refractivity contribution in [2.75, 3.05) is 24.9 Å². The second kappa shape index (κ2) is 8.92. The van der Waals surface area contributed by atoms with Gasteiger partial charge in [-0.3, -0.25) is 4.79 Å². The van der Waals surface area contributed by atoms with Gasteiger partial charge in [-0.2, -0.15) is 5.26 Å². The summed E-state index contributed by atoms with van der Waals surface area (Å²) in [5.41, 5.74) is 0.584. The summed E-state index contributed by atoms with van der Waals surface area (Å²) in [6, 6.07) is 12.6. The Morgan fingerprint density at radius 2 is 1.93 bits per heavy atom. The van der Waals surface area contributed by atoms with Crippen LogP contribution >= 0.6 is 0 Å². The maximum Gasteiger partial charge on any atom is 0.335 e. The molecule has 1 amide bonds. The van der Waals surface area contributed by atoms with E-state index in [2.05, 4.69) is 10.6 Å². The highest BCUT2D eigenvalue weighted by molar-refractivity contribution is 6.07. The predicted molar refractivity (Wildman–Crippen MR) is 98.9 cm³/mol. The molecule has 0 bridgehead atoms. The molecule has 0 aromatic heterocycles. The monoisotopic (exact) mass is 367 g/mol. The first-order valence-corrected chi connectivity index (χ1v) is 7.72. The van der Waals surface area contributed by atoms with Crippen molar-refractivity contribution in [1.82, 2.24) is 0 Å². The molecule has 0 heterocycles. The second-order valence-electron chi connectivity index (χ2n) is 5.22. The minimum absolute atomic E-state index is 0.0227. The van der Waals surface area contributed by atoms with Gasteiger partial charge in [-0.05, 0) is 30.3 Å². The van der Waals surface area contributed by atoms with Gasteiger partial charge in [0, 0.05) is 18.0 Å². The normalized spacial score (nSPS) is 10.5. The zero-order valence-electron chi connectivity index (χ0n) is 14.6. The number of rotatable bonds is 7. The van der Waals surface area contributed by atoms with Gasteiger partial charge in [0.2, 0.25) is 0 Å². The average Bonchev–Trinajstić information content (AvgIpc) is 2.68. The van der Waals surface area contributed by atoms with Crippen LogP contribution in [0.4, 0.5) is 11.4 Å². The molecule has 0 saturated carbocycles. The van der Waals surface area contributed by atoms with Crippen LogP contribution in [-0.2, 0) is 4.79 Å². The lowest BCUT2D eigenvalue weighted by molar-refractivity contribution is -0.112. The van der Waals surface area contributed by atoms with Gasteiger partial charge >= 0.3 is 5.97 Å². The Balaban J connectivity index is 2.19. The molecule has 2 rings (SSSR count). The third kappa shape index (κ3) is 4.99. The Morgan fingerprint density at radius 1 is 1.15 bits per heavy atom. The maximum absolute atomic E-state index is 12.3. The number of anilines is 2. The van der Waals surface area contributed by atoms with Crippen LogP contribution in [0.5, 0.6) is 11.5 Å². The summed E-state index contributed by atoms with van der Waals surface area (Å²) in [6.45, 7) is 0. The third-order valence-corrected chi connectivity index (χ3v) is 3.51. The van der Waals surface area contributed by atoms with Gasteiger partial charge in [0.05, 0.1) is 25.5 Å². The van der Waals surface area contributed by atoms with Crippen LogP contribution in [0.1, 0.15) is 10.4 Å². The Labute approximate surface area is 155 Å². The zero-order valence-corrected chi connectivity index (χ0v) is 14.6. The average molecular weight is 367 g/mol. The number of carboxylic acids is 1. The van der Waals surface area contributed by atoms with Gasteiger partial charge in [0.25, 0.3) is 5.91 Å². The predicted octanol–water partition coefficient (Wildman–Crippen LogP) is 2.86. The first-order chi connectivity index (χ1) is 13.0. The van der Waals surface area contributed by atoms with E-state index >= 15 is 0 Å². The number of amides is 1. The van der Waals surface area contributed by atoms with Gasteiger partial charge in [-0.1, -0.05) is 6.07 Å². The molecule has 0 fully saturated rings. The molecule has 27 heavy (non-hydrogen) atoms. The van der Waals surface area contributed by atoms with Crippen molar-refractivity contribution in [1.29, 1.82) is 5.26 Å². The number of methoxy groups -OCH3 is 2. The van der Waals surface area contributed by atoms with Gasteiger partial charge in [-0.25, -0.2) is 4.79 Å². The lowest BCUT2D eigenvalue weighted by Crippen LogP contribution is -2.15. The first-order valence-electron chi connectivity index (χ1n) is 7.72. The summed E-state index contributed by atoms with van der Waals surface area (Å²) in [6.07, 6.45) is 1.23. The van der Waals surface area contributed by atoms with E-state index in [0.29, 0.717) is 17.2 Å². The molecule has 0 spiro atoms. The Hall–Kier alpha value is -3.99. The minimum Gasteiger partial charge on any atom is -0.497 e. The Morgan fingerprint density at radius 3 is 2.56 bits per heavy atom. The van der Waals surface area contributed by atoms with Crippen molar-refractivity contribution in [3.63, 3.8) is 0 Å². The smallest absolute Gasteiger partial charge is 0.335 e. The van der Waals surface area contributed by atoms with Gasteiger partial charge < -0.3 is 25.2 Å². The summed E-state index contributed by atoms with van der Waals surface area (Å²) in [7, 11) is 3.00. The molecule has 138 valence electrons. The van der Waals surface area contributed by atoms with E-state index < -0.39 is 11.9 Å². The largest absolute Gasteiger partial charge is 0.497 e. The van der Waals surface area contributed by atoms with Crippen molar-refractivity contribution in [2.24, 2.45) is 0 Å². The van der Waals surface area contributed by atoms with Crippen LogP contribution in [-0.4, -0.2) is 31.2 Å². The van der Waals surface area contributed by atoms with Crippen molar-refractivity contribution in [3.8, 4) is 17.6 Å². The van der Waals surface area contributed by atoms with Crippen LogP contribution in [0.3, 0.4) is 0 Å². The highest BCUT2D eigenvalue weighted by atomic mass is 16.5. The fourth-order valence-corrected chi connectivity index (χ4v) is 2.15. The molecule has 3 N–H and O–H groups in total. The van der Waals surface area contributed by atoms with E-state index in [1.54, 1.807) is 24.3 Å². The number of nitrogens with one attached hydrogen (secondary N) is 2. The van der Waals surface area contributed by atoms with Crippen LogP contribution in [0.25, 0.3) is 0 Å². The molecule has 0 aliphatic heterocycles. The number of nitriles is 1.